The molecule has 4 heteroatoms. The molecule has 1 saturated carbocycles. The van der Waals surface area contributed by atoms with Gasteiger partial charge >= 0.3 is 5.97 Å². The van der Waals surface area contributed by atoms with E-state index in [1.807, 2.05) is 20.8 Å². The Balaban J connectivity index is 2.35. The lowest BCUT2D eigenvalue weighted by molar-refractivity contribution is -0.159. The number of nitrogens with two attached hydrogens (primary N) is 2. The Hall–Kier alpha value is -0.610. The topological polar surface area (TPSA) is 78.3 Å². The van der Waals surface area contributed by atoms with E-state index in [-0.39, 0.29) is 11.9 Å². The second-order valence-corrected chi connectivity index (χ2v) is 5.39. The third-order valence-corrected chi connectivity index (χ3v) is 2.79. The van der Waals surface area contributed by atoms with Crippen LogP contribution in [0, 0.1) is 11.8 Å². The quantitative estimate of drug-likeness (QED) is 0.676. The first kappa shape index (κ1) is 12.5. The maximum atomic E-state index is 11.6. The Kier molecular flexibility index (Phi) is 3.73. The van der Waals surface area contributed by atoms with Crippen LogP contribution >= 0.6 is 0 Å². The van der Waals surface area contributed by atoms with E-state index in [1.165, 1.54) is 0 Å². The molecule has 0 spiro atoms. The number of ether oxygens (including phenoxy) is 1. The fourth-order valence-electron chi connectivity index (χ4n) is 1.84. The first-order valence-corrected chi connectivity index (χ1v) is 5.52. The summed E-state index contributed by atoms with van der Waals surface area (Å²) in [6, 6.07) is -0.480. The molecule has 88 valence electrons. The molecular formula is C11H22N2O2. The molecule has 1 fully saturated rings. The first-order valence-electron chi connectivity index (χ1n) is 5.52. The largest absolute Gasteiger partial charge is 0.459 e. The summed E-state index contributed by atoms with van der Waals surface area (Å²) in [5.41, 5.74) is 10.9. The maximum Gasteiger partial charge on any atom is 0.323 e. The van der Waals surface area contributed by atoms with Crippen molar-refractivity contribution in [2.24, 2.45) is 23.3 Å². The zero-order valence-electron chi connectivity index (χ0n) is 9.82. The Morgan fingerprint density at radius 3 is 2.40 bits per heavy atom. The molecule has 4 N–H and O–H groups in total. The Bertz CT molecular complexity index is 229. The molecule has 1 aliphatic rings. The van der Waals surface area contributed by atoms with Crippen LogP contribution in [0.2, 0.25) is 0 Å². The first-order chi connectivity index (χ1) is 6.83. The van der Waals surface area contributed by atoms with Crippen LogP contribution in [0.15, 0.2) is 0 Å². The molecule has 0 bridgehead atoms. The van der Waals surface area contributed by atoms with Gasteiger partial charge in [0, 0.05) is 0 Å². The zero-order chi connectivity index (χ0) is 11.6. The van der Waals surface area contributed by atoms with Gasteiger partial charge in [-0.2, -0.15) is 0 Å². The maximum absolute atomic E-state index is 11.6. The number of carbonyl (C=O) groups excluding carboxylic acids is 1. The highest BCUT2D eigenvalue weighted by Gasteiger charge is 2.37. The van der Waals surface area contributed by atoms with Crippen LogP contribution in [0.3, 0.4) is 0 Å². The average Bonchev–Trinajstić information content (AvgIpc) is 1.98. The smallest absolute Gasteiger partial charge is 0.323 e. The van der Waals surface area contributed by atoms with Crippen molar-refractivity contribution in [1.29, 1.82) is 0 Å². The second kappa shape index (κ2) is 4.49. The van der Waals surface area contributed by atoms with Crippen molar-refractivity contribution in [2.45, 2.75) is 45.3 Å². The minimum atomic E-state index is -0.480. The van der Waals surface area contributed by atoms with Gasteiger partial charge in [-0.25, -0.2) is 0 Å². The summed E-state index contributed by atoms with van der Waals surface area (Å²) >= 11 is 0. The molecule has 0 aromatic heterocycles. The van der Waals surface area contributed by atoms with Crippen molar-refractivity contribution in [1.82, 2.24) is 0 Å². The van der Waals surface area contributed by atoms with E-state index in [4.69, 9.17) is 16.2 Å². The van der Waals surface area contributed by atoms with Crippen molar-refractivity contribution >= 4 is 5.97 Å². The number of carbonyl (C=O) groups is 1. The van der Waals surface area contributed by atoms with E-state index in [0.29, 0.717) is 12.5 Å². The van der Waals surface area contributed by atoms with Crippen LogP contribution in [0.25, 0.3) is 0 Å². The molecular weight excluding hydrogens is 192 g/mol. The van der Waals surface area contributed by atoms with Crippen LogP contribution < -0.4 is 11.5 Å². The molecule has 0 aromatic rings. The zero-order valence-corrected chi connectivity index (χ0v) is 9.82. The third-order valence-electron chi connectivity index (χ3n) is 2.79. The van der Waals surface area contributed by atoms with E-state index in [1.54, 1.807) is 0 Å². The van der Waals surface area contributed by atoms with E-state index in [0.717, 1.165) is 12.8 Å². The van der Waals surface area contributed by atoms with Gasteiger partial charge in [0.25, 0.3) is 0 Å². The summed E-state index contributed by atoms with van der Waals surface area (Å²) in [4.78, 5) is 11.6. The monoisotopic (exact) mass is 214 g/mol. The van der Waals surface area contributed by atoms with Crippen LogP contribution in [0.4, 0.5) is 0 Å². The molecule has 1 atom stereocenters. The van der Waals surface area contributed by atoms with Gasteiger partial charge in [-0.15, -0.1) is 0 Å². The normalized spacial score (nSPS) is 28.1. The molecule has 0 heterocycles. The predicted molar refractivity (Wildman–Crippen MR) is 59.1 cm³/mol. The van der Waals surface area contributed by atoms with Gasteiger partial charge in [-0.05, 0) is 52.0 Å². The summed E-state index contributed by atoms with van der Waals surface area (Å²) in [7, 11) is 0. The molecule has 0 unspecified atom stereocenters. The third kappa shape index (κ3) is 3.47. The predicted octanol–water partition coefficient (Wildman–Crippen LogP) is 0.640. The summed E-state index contributed by atoms with van der Waals surface area (Å²) in [5, 5.41) is 0. The van der Waals surface area contributed by atoms with Crippen molar-refractivity contribution in [3.8, 4) is 0 Å². The minimum absolute atomic E-state index is 0.258. The Labute approximate surface area is 91.3 Å². The van der Waals surface area contributed by atoms with Gasteiger partial charge in [0.1, 0.15) is 11.6 Å². The summed E-state index contributed by atoms with van der Waals surface area (Å²) < 4.78 is 5.23. The van der Waals surface area contributed by atoms with Crippen LogP contribution in [0.1, 0.15) is 33.6 Å². The van der Waals surface area contributed by atoms with E-state index in [2.05, 4.69) is 0 Å². The van der Waals surface area contributed by atoms with Crippen LogP contribution in [-0.2, 0) is 9.53 Å². The molecule has 15 heavy (non-hydrogen) atoms. The summed E-state index contributed by atoms with van der Waals surface area (Å²) in [6.45, 7) is 6.24. The minimum Gasteiger partial charge on any atom is -0.459 e. The lowest BCUT2D eigenvalue weighted by Crippen LogP contribution is -2.48. The number of rotatable bonds is 3. The lowest BCUT2D eigenvalue weighted by atomic mass is 9.71. The fraction of sp³-hybridized carbons (Fsp3) is 0.909. The van der Waals surface area contributed by atoms with Crippen molar-refractivity contribution in [3.05, 3.63) is 0 Å². The van der Waals surface area contributed by atoms with E-state index < -0.39 is 11.6 Å². The van der Waals surface area contributed by atoms with Crippen molar-refractivity contribution in [3.63, 3.8) is 0 Å². The molecule has 0 aliphatic heterocycles. The SMILES string of the molecule is CC(C)(C)OC(=O)[C@H](N)C1CC(CN)C1. The molecule has 1 aliphatic carbocycles. The van der Waals surface area contributed by atoms with Gasteiger partial charge in [0.05, 0.1) is 0 Å². The van der Waals surface area contributed by atoms with Crippen molar-refractivity contribution < 1.29 is 9.53 Å². The highest BCUT2D eigenvalue weighted by molar-refractivity contribution is 5.76. The second-order valence-electron chi connectivity index (χ2n) is 5.39. The van der Waals surface area contributed by atoms with Gasteiger partial charge < -0.3 is 16.2 Å². The van der Waals surface area contributed by atoms with Crippen molar-refractivity contribution in [2.75, 3.05) is 6.54 Å². The highest BCUT2D eigenvalue weighted by atomic mass is 16.6. The summed E-state index contributed by atoms with van der Waals surface area (Å²) in [6.07, 6.45) is 1.91. The van der Waals surface area contributed by atoms with E-state index >= 15 is 0 Å². The molecule has 0 amide bonds. The van der Waals surface area contributed by atoms with Gasteiger partial charge in [0.2, 0.25) is 0 Å². The van der Waals surface area contributed by atoms with Crippen LogP contribution in [-0.4, -0.2) is 24.2 Å². The number of esters is 1. The molecule has 4 nitrogen and oxygen atoms in total. The summed E-state index contributed by atoms with van der Waals surface area (Å²) in [5.74, 6) is 0.514. The Morgan fingerprint density at radius 1 is 1.47 bits per heavy atom. The molecule has 1 rings (SSSR count). The van der Waals surface area contributed by atoms with Gasteiger partial charge in [-0.3, -0.25) is 4.79 Å². The number of hydrogen-bond donors (Lipinski definition) is 2. The van der Waals surface area contributed by atoms with Crippen LogP contribution in [0.5, 0.6) is 0 Å². The van der Waals surface area contributed by atoms with Gasteiger partial charge in [-0.1, -0.05) is 0 Å². The average molecular weight is 214 g/mol. The molecule has 0 radical (unpaired) electrons. The standard InChI is InChI=1S/C11H22N2O2/c1-11(2,3)15-10(14)9(13)8-4-7(5-8)6-12/h7-9H,4-6,12-13H2,1-3H3/t7?,8?,9-/m1/s1. The molecule has 0 saturated heterocycles. The highest BCUT2D eigenvalue weighted by Crippen LogP contribution is 2.35. The molecule has 0 aromatic carbocycles. The van der Waals surface area contributed by atoms with Gasteiger partial charge in [0.15, 0.2) is 0 Å². The van der Waals surface area contributed by atoms with E-state index in [9.17, 15) is 4.79 Å². The lowest BCUT2D eigenvalue weighted by Gasteiger charge is -2.38. The fourth-order valence-corrected chi connectivity index (χ4v) is 1.84. The number of hydrogen-bond acceptors (Lipinski definition) is 4. The Morgan fingerprint density at radius 2 is 2.00 bits per heavy atom.